The lowest BCUT2D eigenvalue weighted by Gasteiger charge is -2.10. The van der Waals surface area contributed by atoms with Crippen molar-refractivity contribution in [2.24, 2.45) is 5.73 Å². The number of carbonyl (C=O) groups excluding carboxylic acids is 1. The summed E-state index contributed by atoms with van der Waals surface area (Å²) in [5.74, 6) is 0.609. The smallest absolute Gasteiger partial charge is 0.248 e. The van der Waals surface area contributed by atoms with Gasteiger partial charge in [-0.2, -0.15) is 0 Å². The first kappa shape index (κ1) is 13.1. The largest absolute Gasteiger partial charge is 0.493 e. The molecule has 0 atom stereocenters. The van der Waals surface area contributed by atoms with Crippen LogP contribution in [0.2, 0.25) is 0 Å². The van der Waals surface area contributed by atoms with Crippen molar-refractivity contribution in [1.29, 1.82) is 0 Å². The SMILES string of the molecule is COc1cc(C(N)=O)ccc1OCC=C(C)C. The zero-order valence-electron chi connectivity index (χ0n) is 10.3. The molecule has 0 radical (unpaired) electrons. The minimum absolute atomic E-state index is 0.399. The molecule has 2 N–H and O–H groups in total. The molecular weight excluding hydrogens is 218 g/mol. The second-order valence-corrected chi connectivity index (χ2v) is 3.82. The van der Waals surface area contributed by atoms with Gasteiger partial charge in [-0.05, 0) is 38.1 Å². The van der Waals surface area contributed by atoms with Crippen molar-refractivity contribution in [3.05, 3.63) is 35.4 Å². The molecular formula is C13H17NO3. The number of ether oxygens (including phenoxy) is 2. The highest BCUT2D eigenvalue weighted by Crippen LogP contribution is 2.27. The van der Waals surface area contributed by atoms with E-state index >= 15 is 0 Å². The summed E-state index contributed by atoms with van der Waals surface area (Å²) in [6.07, 6.45) is 1.96. The Morgan fingerprint density at radius 2 is 2.06 bits per heavy atom. The van der Waals surface area contributed by atoms with E-state index in [0.29, 0.717) is 23.7 Å². The van der Waals surface area contributed by atoms with Gasteiger partial charge in [0.1, 0.15) is 6.61 Å². The Labute approximate surface area is 101 Å². The highest BCUT2D eigenvalue weighted by molar-refractivity contribution is 5.93. The van der Waals surface area contributed by atoms with E-state index in [9.17, 15) is 4.79 Å². The molecule has 0 spiro atoms. The second-order valence-electron chi connectivity index (χ2n) is 3.82. The molecule has 0 heterocycles. The number of primary amides is 1. The Morgan fingerprint density at radius 3 is 2.59 bits per heavy atom. The lowest BCUT2D eigenvalue weighted by atomic mass is 10.2. The van der Waals surface area contributed by atoms with Crippen molar-refractivity contribution in [1.82, 2.24) is 0 Å². The summed E-state index contributed by atoms with van der Waals surface area (Å²) in [4.78, 5) is 11.0. The summed E-state index contributed by atoms with van der Waals surface area (Å²) in [5, 5.41) is 0. The third-order valence-corrected chi connectivity index (χ3v) is 2.18. The van der Waals surface area contributed by atoms with E-state index in [1.165, 1.54) is 12.7 Å². The van der Waals surface area contributed by atoms with Crippen LogP contribution in [0, 0.1) is 0 Å². The van der Waals surface area contributed by atoms with Gasteiger partial charge in [0.15, 0.2) is 11.5 Å². The number of benzene rings is 1. The Kier molecular flexibility index (Phi) is 4.57. The Balaban J connectivity index is 2.85. The summed E-state index contributed by atoms with van der Waals surface area (Å²) in [6, 6.07) is 4.86. The number of hydrogen-bond acceptors (Lipinski definition) is 3. The average molecular weight is 235 g/mol. The van der Waals surface area contributed by atoms with E-state index in [0.717, 1.165) is 0 Å². The molecule has 0 bridgehead atoms. The van der Waals surface area contributed by atoms with Gasteiger partial charge in [0, 0.05) is 5.56 Å². The van der Waals surface area contributed by atoms with Gasteiger partial charge >= 0.3 is 0 Å². The first-order valence-electron chi connectivity index (χ1n) is 5.28. The van der Waals surface area contributed by atoms with Gasteiger partial charge in [-0.25, -0.2) is 0 Å². The fourth-order valence-electron chi connectivity index (χ4n) is 1.24. The normalized spacial score (nSPS) is 9.59. The molecule has 17 heavy (non-hydrogen) atoms. The molecule has 0 aliphatic rings. The molecule has 92 valence electrons. The number of allylic oxidation sites excluding steroid dienone is 1. The lowest BCUT2D eigenvalue weighted by molar-refractivity contribution is 0.1000. The summed E-state index contributed by atoms with van der Waals surface area (Å²) in [7, 11) is 1.52. The van der Waals surface area contributed by atoms with E-state index in [1.54, 1.807) is 18.2 Å². The van der Waals surface area contributed by atoms with Crippen LogP contribution in [0.25, 0.3) is 0 Å². The molecule has 1 aromatic rings. The topological polar surface area (TPSA) is 61.5 Å². The predicted molar refractivity (Wildman–Crippen MR) is 66.4 cm³/mol. The van der Waals surface area contributed by atoms with Crippen LogP contribution in [0.5, 0.6) is 11.5 Å². The molecule has 0 unspecified atom stereocenters. The van der Waals surface area contributed by atoms with Gasteiger partial charge in [0.25, 0.3) is 0 Å². The van der Waals surface area contributed by atoms with E-state index in [2.05, 4.69) is 0 Å². The van der Waals surface area contributed by atoms with Crippen LogP contribution in [0.1, 0.15) is 24.2 Å². The van der Waals surface area contributed by atoms with Gasteiger partial charge in [-0.1, -0.05) is 5.57 Å². The number of hydrogen-bond donors (Lipinski definition) is 1. The van der Waals surface area contributed by atoms with Gasteiger partial charge in [-0.3, -0.25) is 4.79 Å². The number of amides is 1. The van der Waals surface area contributed by atoms with Crippen LogP contribution in [0.15, 0.2) is 29.8 Å². The van der Waals surface area contributed by atoms with Gasteiger partial charge < -0.3 is 15.2 Å². The van der Waals surface area contributed by atoms with Gasteiger partial charge in [-0.15, -0.1) is 0 Å². The summed E-state index contributed by atoms with van der Waals surface area (Å²) >= 11 is 0. The van der Waals surface area contributed by atoms with Crippen molar-refractivity contribution >= 4 is 5.91 Å². The molecule has 1 amide bonds. The quantitative estimate of drug-likeness (QED) is 0.795. The second kappa shape index (κ2) is 5.94. The molecule has 0 aromatic heterocycles. The van der Waals surface area contributed by atoms with Crippen molar-refractivity contribution in [3.63, 3.8) is 0 Å². The van der Waals surface area contributed by atoms with Crippen LogP contribution < -0.4 is 15.2 Å². The molecule has 0 aliphatic carbocycles. The Bertz CT molecular complexity index is 434. The molecule has 0 aliphatic heterocycles. The third kappa shape index (κ3) is 3.83. The van der Waals surface area contributed by atoms with Crippen molar-refractivity contribution in [2.45, 2.75) is 13.8 Å². The maximum absolute atomic E-state index is 11.0. The minimum Gasteiger partial charge on any atom is -0.493 e. The summed E-state index contributed by atoms with van der Waals surface area (Å²) in [5.41, 5.74) is 6.76. The fourth-order valence-corrected chi connectivity index (χ4v) is 1.24. The molecule has 0 fully saturated rings. The lowest BCUT2D eigenvalue weighted by Crippen LogP contribution is -2.11. The van der Waals surface area contributed by atoms with Crippen molar-refractivity contribution in [3.8, 4) is 11.5 Å². The van der Waals surface area contributed by atoms with E-state index in [4.69, 9.17) is 15.2 Å². The average Bonchev–Trinajstić information content (AvgIpc) is 2.28. The van der Waals surface area contributed by atoms with Crippen LogP contribution in [0.3, 0.4) is 0 Å². The molecule has 0 saturated carbocycles. The zero-order valence-corrected chi connectivity index (χ0v) is 10.3. The van der Waals surface area contributed by atoms with Crippen LogP contribution >= 0.6 is 0 Å². The van der Waals surface area contributed by atoms with E-state index in [1.807, 2.05) is 19.9 Å². The number of carbonyl (C=O) groups is 1. The third-order valence-electron chi connectivity index (χ3n) is 2.18. The van der Waals surface area contributed by atoms with Crippen molar-refractivity contribution in [2.75, 3.05) is 13.7 Å². The maximum atomic E-state index is 11.0. The first-order valence-corrected chi connectivity index (χ1v) is 5.28. The summed E-state index contributed by atoms with van der Waals surface area (Å²) < 4.78 is 10.7. The van der Waals surface area contributed by atoms with Crippen LogP contribution in [-0.2, 0) is 0 Å². The minimum atomic E-state index is -0.487. The fraction of sp³-hybridized carbons (Fsp3) is 0.308. The first-order chi connectivity index (χ1) is 8.04. The standard InChI is InChI=1S/C13H17NO3/c1-9(2)6-7-17-11-5-4-10(13(14)15)8-12(11)16-3/h4-6,8H,7H2,1-3H3,(H2,14,15). The number of methoxy groups -OCH3 is 1. The molecule has 0 saturated heterocycles. The molecule has 1 rings (SSSR count). The van der Waals surface area contributed by atoms with Crippen LogP contribution in [-0.4, -0.2) is 19.6 Å². The highest BCUT2D eigenvalue weighted by atomic mass is 16.5. The molecule has 4 nitrogen and oxygen atoms in total. The Morgan fingerprint density at radius 1 is 1.35 bits per heavy atom. The van der Waals surface area contributed by atoms with Gasteiger partial charge in [0.2, 0.25) is 5.91 Å². The van der Waals surface area contributed by atoms with Crippen molar-refractivity contribution < 1.29 is 14.3 Å². The van der Waals surface area contributed by atoms with E-state index < -0.39 is 5.91 Å². The number of rotatable bonds is 5. The zero-order chi connectivity index (χ0) is 12.8. The molecule has 4 heteroatoms. The summed E-state index contributed by atoms with van der Waals surface area (Å²) in [6.45, 7) is 4.46. The molecule has 1 aromatic carbocycles. The van der Waals surface area contributed by atoms with Crippen LogP contribution in [0.4, 0.5) is 0 Å². The predicted octanol–water partition coefficient (Wildman–Crippen LogP) is 2.14. The monoisotopic (exact) mass is 235 g/mol. The van der Waals surface area contributed by atoms with Gasteiger partial charge in [0.05, 0.1) is 7.11 Å². The highest BCUT2D eigenvalue weighted by Gasteiger charge is 2.08. The number of nitrogens with two attached hydrogens (primary N) is 1. The van der Waals surface area contributed by atoms with E-state index in [-0.39, 0.29) is 0 Å². The Hall–Kier alpha value is -1.97. The maximum Gasteiger partial charge on any atom is 0.248 e.